The topological polar surface area (TPSA) is 40.5 Å². The van der Waals surface area contributed by atoms with Crippen LogP contribution in [0.1, 0.15) is 31.1 Å². The molecule has 2 heteroatoms. The molecule has 0 saturated carbocycles. The van der Waals surface area contributed by atoms with E-state index in [0.29, 0.717) is 0 Å². The highest BCUT2D eigenvalue weighted by Gasteiger charge is 2.08. The molecule has 80 valence electrons. The van der Waals surface area contributed by atoms with Gasteiger partial charge in [0, 0.05) is 0 Å². The van der Waals surface area contributed by atoms with Crippen molar-refractivity contribution < 1.29 is 10.2 Å². The molecule has 0 heterocycles. The number of rotatable bonds is 1. The number of aryl methyl sites for hydroxylation is 1. The van der Waals surface area contributed by atoms with Crippen LogP contribution >= 0.6 is 0 Å². The Labute approximate surface area is 90.6 Å². The van der Waals surface area contributed by atoms with Crippen molar-refractivity contribution >= 4 is 0 Å². The number of hydrogen-bond donors (Lipinski definition) is 2. The number of aliphatic hydroxyl groups is 2. The summed E-state index contributed by atoms with van der Waals surface area (Å²) >= 11 is 0. The molecule has 0 aromatic heterocycles. The fourth-order valence-corrected chi connectivity index (χ4v) is 1.08. The Morgan fingerprint density at radius 1 is 1.20 bits per heavy atom. The maximum Gasteiger partial charge on any atom is 0.140 e. The molecule has 0 aliphatic carbocycles. The van der Waals surface area contributed by atoms with Gasteiger partial charge in [-0.05, 0) is 26.3 Å². The van der Waals surface area contributed by atoms with Crippen molar-refractivity contribution in [2.24, 2.45) is 0 Å². The average Bonchev–Trinajstić information content (AvgIpc) is 2.14. The second kappa shape index (κ2) is 4.48. The smallest absolute Gasteiger partial charge is 0.140 e. The lowest BCUT2D eigenvalue weighted by Gasteiger charge is -2.08. The molecule has 0 aliphatic heterocycles. The van der Waals surface area contributed by atoms with Gasteiger partial charge in [-0.15, -0.1) is 0 Å². The highest BCUT2D eigenvalue weighted by Crippen LogP contribution is 2.13. The molecule has 0 aliphatic rings. The lowest BCUT2D eigenvalue weighted by molar-refractivity contribution is 0.142. The monoisotopic (exact) mass is 204 g/mol. The first-order chi connectivity index (χ1) is 6.88. The third-order valence-corrected chi connectivity index (χ3v) is 1.91. The van der Waals surface area contributed by atoms with Crippen molar-refractivity contribution in [1.82, 2.24) is 0 Å². The van der Waals surface area contributed by atoms with E-state index in [1.807, 2.05) is 31.2 Å². The van der Waals surface area contributed by atoms with Crippen molar-refractivity contribution in [3.8, 4) is 11.8 Å². The van der Waals surface area contributed by atoms with Gasteiger partial charge in [0.2, 0.25) is 0 Å². The summed E-state index contributed by atoms with van der Waals surface area (Å²) in [5.41, 5.74) is 0.824. The van der Waals surface area contributed by atoms with Crippen LogP contribution in [0.2, 0.25) is 0 Å². The molecule has 1 atom stereocenters. The van der Waals surface area contributed by atoms with Gasteiger partial charge < -0.3 is 10.2 Å². The lowest BCUT2D eigenvalue weighted by atomic mass is 10.1. The molecule has 1 rings (SSSR count). The van der Waals surface area contributed by atoms with E-state index in [-0.39, 0.29) is 0 Å². The zero-order valence-electron chi connectivity index (χ0n) is 9.28. The Kier molecular flexibility index (Phi) is 3.52. The van der Waals surface area contributed by atoms with E-state index in [0.717, 1.165) is 11.1 Å². The minimum Gasteiger partial charge on any atom is -0.378 e. The normalized spacial score (nSPS) is 12.9. The summed E-state index contributed by atoms with van der Waals surface area (Å²) < 4.78 is 0. The van der Waals surface area contributed by atoms with Crippen LogP contribution in [0.3, 0.4) is 0 Å². The minimum absolute atomic E-state index is 0.748. The van der Waals surface area contributed by atoms with Crippen LogP contribution < -0.4 is 0 Å². The SMILES string of the molecule is Cc1ccc(C(O)C#CC(C)(C)O)cc1. The minimum atomic E-state index is -1.06. The van der Waals surface area contributed by atoms with Gasteiger partial charge >= 0.3 is 0 Å². The maximum atomic E-state index is 9.69. The molecule has 1 aromatic carbocycles. The highest BCUT2D eigenvalue weighted by atomic mass is 16.3. The second-order valence-electron chi connectivity index (χ2n) is 4.14. The van der Waals surface area contributed by atoms with Crippen molar-refractivity contribution in [3.63, 3.8) is 0 Å². The Morgan fingerprint density at radius 2 is 1.73 bits per heavy atom. The zero-order chi connectivity index (χ0) is 11.5. The third kappa shape index (κ3) is 4.16. The fourth-order valence-electron chi connectivity index (χ4n) is 1.08. The summed E-state index contributed by atoms with van der Waals surface area (Å²) in [6.45, 7) is 5.16. The number of aliphatic hydroxyl groups excluding tert-OH is 1. The molecule has 0 amide bonds. The van der Waals surface area contributed by atoms with Gasteiger partial charge in [-0.25, -0.2) is 0 Å². The standard InChI is InChI=1S/C13H16O2/c1-10-4-6-11(7-5-10)12(14)8-9-13(2,3)15/h4-7,12,14-15H,1-3H3. The highest BCUT2D eigenvalue weighted by molar-refractivity contribution is 5.29. The Balaban J connectivity index is 2.80. The van der Waals surface area contributed by atoms with Crippen LogP contribution in [0.4, 0.5) is 0 Å². The first-order valence-corrected chi connectivity index (χ1v) is 4.88. The molecule has 2 nitrogen and oxygen atoms in total. The lowest BCUT2D eigenvalue weighted by Crippen LogP contribution is -2.15. The number of benzene rings is 1. The summed E-state index contributed by atoms with van der Waals surface area (Å²) in [7, 11) is 0. The first kappa shape index (κ1) is 11.8. The van der Waals surface area contributed by atoms with Crippen molar-refractivity contribution in [1.29, 1.82) is 0 Å². The van der Waals surface area contributed by atoms with Gasteiger partial charge in [0.15, 0.2) is 0 Å². The molecule has 1 aromatic rings. The average molecular weight is 204 g/mol. The molecule has 0 radical (unpaired) electrons. The maximum absolute atomic E-state index is 9.69. The van der Waals surface area contributed by atoms with Crippen molar-refractivity contribution in [2.75, 3.05) is 0 Å². The quantitative estimate of drug-likeness (QED) is 0.685. The molecule has 0 saturated heterocycles. The largest absolute Gasteiger partial charge is 0.378 e. The van der Waals surface area contributed by atoms with E-state index in [1.165, 1.54) is 0 Å². The van der Waals surface area contributed by atoms with E-state index in [2.05, 4.69) is 11.8 Å². The van der Waals surface area contributed by atoms with Crippen molar-refractivity contribution in [2.45, 2.75) is 32.5 Å². The summed E-state index contributed by atoms with van der Waals surface area (Å²) in [5, 5.41) is 19.1. The molecule has 2 N–H and O–H groups in total. The third-order valence-electron chi connectivity index (χ3n) is 1.91. The van der Waals surface area contributed by atoms with E-state index in [1.54, 1.807) is 13.8 Å². The molecular formula is C13H16O2. The summed E-state index contributed by atoms with van der Waals surface area (Å²) in [4.78, 5) is 0. The fraction of sp³-hybridized carbons (Fsp3) is 0.385. The summed E-state index contributed by atoms with van der Waals surface area (Å²) in [6, 6.07) is 7.51. The van der Waals surface area contributed by atoms with Gasteiger partial charge in [0.05, 0.1) is 0 Å². The van der Waals surface area contributed by atoms with Crippen LogP contribution in [0.5, 0.6) is 0 Å². The number of hydrogen-bond acceptors (Lipinski definition) is 2. The predicted molar refractivity (Wildman–Crippen MR) is 60.2 cm³/mol. The first-order valence-electron chi connectivity index (χ1n) is 4.88. The Hall–Kier alpha value is -1.30. The summed E-state index contributed by atoms with van der Waals surface area (Å²) in [6.07, 6.45) is -0.836. The van der Waals surface area contributed by atoms with Gasteiger partial charge in [0.1, 0.15) is 11.7 Å². The molecule has 0 spiro atoms. The molecule has 1 unspecified atom stereocenters. The van der Waals surface area contributed by atoms with E-state index in [9.17, 15) is 10.2 Å². The molecular weight excluding hydrogens is 188 g/mol. The molecule has 15 heavy (non-hydrogen) atoms. The Morgan fingerprint density at radius 3 is 2.20 bits per heavy atom. The van der Waals surface area contributed by atoms with Gasteiger partial charge in [-0.2, -0.15) is 0 Å². The van der Waals surface area contributed by atoms with E-state index < -0.39 is 11.7 Å². The van der Waals surface area contributed by atoms with Crippen LogP contribution in [0, 0.1) is 18.8 Å². The van der Waals surface area contributed by atoms with Gasteiger partial charge in [-0.1, -0.05) is 41.7 Å². The molecule has 0 fully saturated rings. The van der Waals surface area contributed by atoms with Crippen LogP contribution in [0.25, 0.3) is 0 Å². The Bertz CT molecular complexity index is 374. The van der Waals surface area contributed by atoms with E-state index in [4.69, 9.17) is 0 Å². The van der Waals surface area contributed by atoms with Crippen LogP contribution in [-0.2, 0) is 0 Å². The van der Waals surface area contributed by atoms with Crippen LogP contribution in [-0.4, -0.2) is 15.8 Å². The van der Waals surface area contributed by atoms with Crippen LogP contribution in [0.15, 0.2) is 24.3 Å². The van der Waals surface area contributed by atoms with Crippen molar-refractivity contribution in [3.05, 3.63) is 35.4 Å². The second-order valence-corrected chi connectivity index (χ2v) is 4.14. The summed E-state index contributed by atoms with van der Waals surface area (Å²) in [5.74, 6) is 5.20. The zero-order valence-corrected chi connectivity index (χ0v) is 9.28. The predicted octanol–water partition coefficient (Wildman–Crippen LogP) is 1.80. The van der Waals surface area contributed by atoms with E-state index >= 15 is 0 Å². The van der Waals surface area contributed by atoms with Gasteiger partial charge in [-0.3, -0.25) is 0 Å². The van der Waals surface area contributed by atoms with Gasteiger partial charge in [0.25, 0.3) is 0 Å². The molecule has 0 bridgehead atoms.